The number of aryl methyl sites for hydroxylation is 3. The monoisotopic (exact) mass is 354 g/mol. The summed E-state index contributed by atoms with van der Waals surface area (Å²) in [7, 11) is 1.59. The summed E-state index contributed by atoms with van der Waals surface area (Å²) in [5.74, 6) is 0.412. The summed E-state index contributed by atoms with van der Waals surface area (Å²) >= 11 is 1.58. The fraction of sp³-hybridized carbons (Fsp3) is 0.300. The number of ether oxygens (including phenoxy) is 1. The van der Waals surface area contributed by atoms with Gasteiger partial charge in [-0.3, -0.25) is 4.79 Å². The first-order valence-corrected chi connectivity index (χ1v) is 9.19. The van der Waals surface area contributed by atoms with Crippen molar-refractivity contribution in [2.45, 2.75) is 33.7 Å². The molecule has 2 aromatic carbocycles. The van der Waals surface area contributed by atoms with Crippen molar-refractivity contribution in [3.8, 4) is 5.75 Å². The van der Waals surface area contributed by atoms with Crippen LogP contribution in [0, 0.1) is 13.8 Å². The summed E-state index contributed by atoms with van der Waals surface area (Å²) < 4.78 is 8.54. The lowest BCUT2D eigenvalue weighted by molar-refractivity contribution is 0.0997. The third-order valence-electron chi connectivity index (χ3n) is 4.08. The molecule has 5 heteroatoms. The summed E-state index contributed by atoms with van der Waals surface area (Å²) in [5.41, 5.74) is 4.13. The number of methoxy groups -OCH3 is 1. The molecule has 0 N–H and O–H groups in total. The van der Waals surface area contributed by atoms with Gasteiger partial charge in [-0.2, -0.15) is 4.99 Å². The van der Waals surface area contributed by atoms with E-state index in [1.165, 1.54) is 15.8 Å². The highest BCUT2D eigenvalue weighted by atomic mass is 32.1. The molecule has 0 aliphatic heterocycles. The number of nitrogens with zero attached hydrogens (tertiary/aromatic N) is 2. The van der Waals surface area contributed by atoms with Gasteiger partial charge >= 0.3 is 0 Å². The minimum absolute atomic E-state index is 0.246. The standard InChI is InChI=1S/C20H22N2O2S/c1-5-9-22-17-11-13(2)10-14(3)18(17)25-20(22)21-19(23)15-7-6-8-16(12-15)24-4/h6-8,10-12H,5,9H2,1-4H3. The highest BCUT2D eigenvalue weighted by Gasteiger charge is 2.11. The molecule has 1 aromatic heterocycles. The van der Waals surface area contributed by atoms with Crippen LogP contribution in [0.1, 0.15) is 34.8 Å². The molecule has 0 unspecified atom stereocenters. The zero-order valence-electron chi connectivity index (χ0n) is 15.0. The summed E-state index contributed by atoms with van der Waals surface area (Å²) in [6.45, 7) is 7.17. The molecular formula is C20H22N2O2S. The summed E-state index contributed by atoms with van der Waals surface area (Å²) in [5, 5.41) is 0. The Bertz CT molecular complexity index is 999. The van der Waals surface area contributed by atoms with Gasteiger partial charge in [-0.25, -0.2) is 0 Å². The molecule has 0 radical (unpaired) electrons. The van der Waals surface area contributed by atoms with Crippen LogP contribution in [0.5, 0.6) is 5.75 Å². The zero-order chi connectivity index (χ0) is 18.0. The summed E-state index contributed by atoms with van der Waals surface area (Å²) in [6.07, 6.45) is 0.985. The Morgan fingerprint density at radius 1 is 1.24 bits per heavy atom. The molecule has 3 rings (SSSR count). The molecule has 1 heterocycles. The van der Waals surface area contributed by atoms with Crippen LogP contribution in [0.25, 0.3) is 10.2 Å². The van der Waals surface area contributed by atoms with E-state index >= 15 is 0 Å². The highest BCUT2D eigenvalue weighted by Crippen LogP contribution is 2.24. The lowest BCUT2D eigenvalue weighted by Crippen LogP contribution is -2.17. The number of benzene rings is 2. The van der Waals surface area contributed by atoms with Crippen LogP contribution in [0.15, 0.2) is 41.4 Å². The molecule has 0 aliphatic carbocycles. The average Bonchev–Trinajstić information content (AvgIpc) is 2.93. The predicted octanol–water partition coefficient (Wildman–Crippen LogP) is 4.48. The van der Waals surface area contributed by atoms with E-state index in [1.54, 1.807) is 36.6 Å². The summed E-state index contributed by atoms with van der Waals surface area (Å²) in [6, 6.07) is 11.5. The van der Waals surface area contributed by atoms with Gasteiger partial charge in [0, 0.05) is 12.1 Å². The van der Waals surface area contributed by atoms with Gasteiger partial charge in [0.25, 0.3) is 5.91 Å². The normalized spacial score (nSPS) is 11.9. The quantitative estimate of drug-likeness (QED) is 0.693. The second-order valence-corrected chi connectivity index (χ2v) is 7.09. The van der Waals surface area contributed by atoms with Crippen LogP contribution in [0.2, 0.25) is 0 Å². The number of hydrogen-bond donors (Lipinski definition) is 0. The first-order valence-electron chi connectivity index (χ1n) is 8.37. The Labute approximate surface area is 151 Å². The Morgan fingerprint density at radius 2 is 2.04 bits per heavy atom. The van der Waals surface area contributed by atoms with Crippen LogP contribution in [-0.4, -0.2) is 17.6 Å². The van der Waals surface area contributed by atoms with E-state index in [4.69, 9.17) is 4.74 Å². The van der Waals surface area contributed by atoms with E-state index in [2.05, 4.69) is 42.5 Å². The SMILES string of the molecule is CCCn1c(=NC(=O)c2cccc(OC)c2)sc2c(C)cc(C)cc21. The lowest BCUT2D eigenvalue weighted by Gasteiger charge is -2.05. The zero-order valence-corrected chi connectivity index (χ0v) is 15.8. The van der Waals surface area contributed by atoms with Crippen molar-refractivity contribution < 1.29 is 9.53 Å². The minimum atomic E-state index is -0.246. The van der Waals surface area contributed by atoms with E-state index < -0.39 is 0 Å². The van der Waals surface area contributed by atoms with Gasteiger partial charge in [0.15, 0.2) is 4.80 Å². The number of rotatable bonds is 4. The third kappa shape index (κ3) is 3.51. The number of aromatic nitrogens is 1. The maximum atomic E-state index is 12.6. The third-order valence-corrected chi connectivity index (χ3v) is 5.30. The lowest BCUT2D eigenvalue weighted by atomic mass is 10.1. The molecule has 0 bridgehead atoms. The molecule has 0 fully saturated rings. The molecule has 130 valence electrons. The first-order chi connectivity index (χ1) is 12.0. The number of amides is 1. The molecule has 4 nitrogen and oxygen atoms in total. The van der Waals surface area contributed by atoms with Gasteiger partial charge in [-0.1, -0.05) is 30.4 Å². The maximum absolute atomic E-state index is 12.6. The molecule has 1 amide bonds. The minimum Gasteiger partial charge on any atom is -0.497 e. The topological polar surface area (TPSA) is 43.6 Å². The number of thiazole rings is 1. The van der Waals surface area contributed by atoms with Crippen LogP contribution < -0.4 is 9.54 Å². The fourth-order valence-electron chi connectivity index (χ4n) is 2.95. The molecule has 0 saturated heterocycles. The van der Waals surface area contributed by atoms with E-state index in [-0.39, 0.29) is 5.91 Å². The Morgan fingerprint density at radius 3 is 2.76 bits per heavy atom. The van der Waals surface area contributed by atoms with Gasteiger partial charge in [0.1, 0.15) is 5.75 Å². The number of hydrogen-bond acceptors (Lipinski definition) is 3. The number of carbonyl (C=O) groups is 1. The van der Waals surface area contributed by atoms with Crippen molar-refractivity contribution in [1.29, 1.82) is 0 Å². The van der Waals surface area contributed by atoms with Gasteiger partial charge in [0.05, 0.1) is 17.3 Å². The first kappa shape index (κ1) is 17.4. The van der Waals surface area contributed by atoms with Crippen LogP contribution in [0.4, 0.5) is 0 Å². The molecule has 0 saturated carbocycles. The molecule has 0 spiro atoms. The van der Waals surface area contributed by atoms with E-state index in [0.717, 1.165) is 23.3 Å². The predicted molar refractivity (Wildman–Crippen MR) is 102 cm³/mol. The molecule has 3 aromatic rings. The number of carbonyl (C=O) groups excluding carboxylic acids is 1. The van der Waals surface area contributed by atoms with Crippen molar-refractivity contribution in [3.05, 3.63) is 57.9 Å². The summed E-state index contributed by atoms with van der Waals surface area (Å²) in [4.78, 5) is 17.8. The van der Waals surface area contributed by atoms with Crippen molar-refractivity contribution in [2.24, 2.45) is 4.99 Å². The van der Waals surface area contributed by atoms with Crippen molar-refractivity contribution in [2.75, 3.05) is 7.11 Å². The molecule has 0 aliphatic rings. The van der Waals surface area contributed by atoms with E-state index in [9.17, 15) is 4.79 Å². The van der Waals surface area contributed by atoms with Gasteiger partial charge < -0.3 is 9.30 Å². The second kappa shape index (κ2) is 7.23. The van der Waals surface area contributed by atoms with Crippen LogP contribution >= 0.6 is 11.3 Å². The Balaban J connectivity index is 2.16. The van der Waals surface area contributed by atoms with E-state index in [0.29, 0.717) is 11.3 Å². The van der Waals surface area contributed by atoms with E-state index in [1.807, 2.05) is 6.07 Å². The average molecular weight is 354 g/mol. The Kier molecular flexibility index (Phi) is 5.04. The van der Waals surface area contributed by atoms with Gasteiger partial charge in [-0.15, -0.1) is 0 Å². The van der Waals surface area contributed by atoms with Crippen molar-refractivity contribution >= 4 is 27.5 Å². The largest absolute Gasteiger partial charge is 0.497 e. The van der Waals surface area contributed by atoms with Crippen LogP contribution in [0.3, 0.4) is 0 Å². The molecule has 25 heavy (non-hydrogen) atoms. The van der Waals surface area contributed by atoms with Crippen LogP contribution in [-0.2, 0) is 6.54 Å². The highest BCUT2D eigenvalue weighted by molar-refractivity contribution is 7.16. The fourth-order valence-corrected chi connectivity index (χ4v) is 4.05. The number of fused-ring (bicyclic) bond motifs is 1. The van der Waals surface area contributed by atoms with Gasteiger partial charge in [0.2, 0.25) is 0 Å². The molecular weight excluding hydrogens is 332 g/mol. The van der Waals surface area contributed by atoms with Gasteiger partial charge in [-0.05, 0) is 55.7 Å². The van der Waals surface area contributed by atoms with Crippen molar-refractivity contribution in [3.63, 3.8) is 0 Å². The smallest absolute Gasteiger partial charge is 0.279 e. The maximum Gasteiger partial charge on any atom is 0.279 e. The van der Waals surface area contributed by atoms with Crippen molar-refractivity contribution in [1.82, 2.24) is 4.57 Å². The Hall–Kier alpha value is -2.40. The molecule has 0 atom stereocenters. The second-order valence-electron chi connectivity index (χ2n) is 6.12.